The topological polar surface area (TPSA) is 57.6 Å². The van der Waals surface area contributed by atoms with Gasteiger partial charge in [-0.15, -0.1) is 0 Å². The number of amides is 1. The molecule has 0 aromatic heterocycles. The highest BCUT2D eigenvalue weighted by Crippen LogP contribution is 2.31. The van der Waals surface area contributed by atoms with E-state index in [1.807, 2.05) is 13.0 Å². The van der Waals surface area contributed by atoms with E-state index in [0.717, 1.165) is 5.56 Å². The minimum Gasteiger partial charge on any atom is -0.481 e. The lowest BCUT2D eigenvalue weighted by Crippen LogP contribution is -2.37. The van der Waals surface area contributed by atoms with E-state index in [1.54, 1.807) is 17.0 Å². The van der Waals surface area contributed by atoms with Crippen LogP contribution in [0.25, 0.3) is 0 Å². The van der Waals surface area contributed by atoms with Gasteiger partial charge in [0, 0.05) is 19.0 Å². The van der Waals surface area contributed by atoms with Crippen LogP contribution in [-0.4, -0.2) is 28.4 Å². The van der Waals surface area contributed by atoms with Gasteiger partial charge in [-0.2, -0.15) is 0 Å². The van der Waals surface area contributed by atoms with Crippen LogP contribution in [0.4, 0.5) is 0 Å². The molecule has 1 amide bonds. The third-order valence-electron chi connectivity index (χ3n) is 4.48. The average Bonchev–Trinajstić information content (AvgIpc) is 2.55. The number of hydrogen-bond acceptors (Lipinski definition) is 2. The van der Waals surface area contributed by atoms with Gasteiger partial charge in [-0.3, -0.25) is 9.59 Å². The number of carboxylic acid groups (broad SMARTS) is 1. The first-order valence-corrected chi connectivity index (χ1v) is 8.63. The van der Waals surface area contributed by atoms with Crippen molar-refractivity contribution < 1.29 is 14.7 Å². The number of aliphatic carboxylic acids is 1. The predicted molar refractivity (Wildman–Crippen MR) is 90.6 cm³/mol. The summed E-state index contributed by atoms with van der Waals surface area (Å²) in [6.07, 6.45) is 2.45. The quantitative estimate of drug-likeness (QED) is 0.857. The zero-order chi connectivity index (χ0) is 17.0. The summed E-state index contributed by atoms with van der Waals surface area (Å²) in [4.78, 5) is 25.5. The van der Waals surface area contributed by atoms with Crippen LogP contribution in [-0.2, 0) is 16.1 Å². The van der Waals surface area contributed by atoms with Crippen LogP contribution in [0, 0.1) is 11.8 Å². The van der Waals surface area contributed by atoms with Crippen LogP contribution in [0.1, 0.15) is 38.2 Å². The van der Waals surface area contributed by atoms with Gasteiger partial charge in [0.2, 0.25) is 5.91 Å². The fourth-order valence-electron chi connectivity index (χ4n) is 3.05. The Hall–Kier alpha value is -1.26. The van der Waals surface area contributed by atoms with Crippen molar-refractivity contribution in [2.45, 2.75) is 39.2 Å². The molecule has 4 nitrogen and oxygen atoms in total. The fraction of sp³-hybridized carbons (Fsp3) is 0.529. The SMILES string of the molecule is CCN(Cc1ccc(Cl)c(Cl)c1)C(=O)C1CCC(C(=O)O)CC1. The number of hydrogen-bond donors (Lipinski definition) is 1. The molecule has 0 unspecified atom stereocenters. The van der Waals surface area contributed by atoms with Gasteiger partial charge in [0.1, 0.15) is 0 Å². The van der Waals surface area contributed by atoms with Crippen molar-refractivity contribution in [2.75, 3.05) is 6.54 Å². The number of benzene rings is 1. The molecule has 2 rings (SSSR count). The van der Waals surface area contributed by atoms with Crippen LogP contribution >= 0.6 is 23.2 Å². The summed E-state index contributed by atoms with van der Waals surface area (Å²) < 4.78 is 0. The number of carbonyl (C=O) groups is 2. The lowest BCUT2D eigenvalue weighted by molar-refractivity contribution is -0.145. The minimum atomic E-state index is -0.751. The van der Waals surface area contributed by atoms with Gasteiger partial charge in [0.15, 0.2) is 0 Å². The van der Waals surface area contributed by atoms with Crippen molar-refractivity contribution in [3.63, 3.8) is 0 Å². The number of carbonyl (C=O) groups excluding carboxylic acids is 1. The van der Waals surface area contributed by atoms with Crippen LogP contribution in [0.15, 0.2) is 18.2 Å². The molecule has 0 atom stereocenters. The van der Waals surface area contributed by atoms with Crippen molar-refractivity contribution in [1.29, 1.82) is 0 Å². The molecule has 0 aliphatic heterocycles. The van der Waals surface area contributed by atoms with E-state index in [0.29, 0.717) is 48.8 Å². The number of rotatable bonds is 5. The van der Waals surface area contributed by atoms with Crippen LogP contribution in [0.5, 0.6) is 0 Å². The van der Waals surface area contributed by atoms with E-state index in [-0.39, 0.29) is 17.7 Å². The first-order valence-electron chi connectivity index (χ1n) is 7.87. The molecule has 6 heteroatoms. The predicted octanol–water partition coefficient (Wildman–Crippen LogP) is 4.23. The summed E-state index contributed by atoms with van der Waals surface area (Å²) >= 11 is 11.9. The van der Waals surface area contributed by atoms with Crippen molar-refractivity contribution >= 4 is 35.1 Å². The van der Waals surface area contributed by atoms with Crippen molar-refractivity contribution in [2.24, 2.45) is 11.8 Å². The summed E-state index contributed by atoms with van der Waals surface area (Å²) in [5, 5.41) is 10.0. The molecular weight excluding hydrogens is 337 g/mol. The Kier molecular flexibility index (Phi) is 6.31. The van der Waals surface area contributed by atoms with E-state index < -0.39 is 5.97 Å². The maximum absolute atomic E-state index is 12.7. The zero-order valence-electron chi connectivity index (χ0n) is 13.1. The molecule has 0 bridgehead atoms. The van der Waals surface area contributed by atoms with Gasteiger partial charge in [-0.05, 0) is 50.3 Å². The molecule has 1 aliphatic rings. The van der Waals surface area contributed by atoms with Gasteiger partial charge in [-0.1, -0.05) is 29.3 Å². The molecule has 0 saturated heterocycles. The molecule has 126 valence electrons. The molecule has 0 heterocycles. The van der Waals surface area contributed by atoms with E-state index in [4.69, 9.17) is 28.3 Å². The maximum atomic E-state index is 12.7. The molecule has 1 saturated carbocycles. The first-order chi connectivity index (χ1) is 10.9. The Balaban J connectivity index is 1.98. The maximum Gasteiger partial charge on any atom is 0.306 e. The standard InChI is InChI=1S/C17H21Cl2NO3/c1-2-20(10-11-3-8-14(18)15(19)9-11)16(21)12-4-6-13(7-5-12)17(22)23/h3,8-9,12-13H,2,4-7,10H2,1H3,(H,22,23). The largest absolute Gasteiger partial charge is 0.481 e. The van der Waals surface area contributed by atoms with Gasteiger partial charge in [0.05, 0.1) is 16.0 Å². The van der Waals surface area contributed by atoms with Crippen LogP contribution in [0.3, 0.4) is 0 Å². The number of nitrogens with zero attached hydrogens (tertiary/aromatic N) is 1. The van der Waals surface area contributed by atoms with Gasteiger partial charge < -0.3 is 10.0 Å². The molecule has 1 N–H and O–H groups in total. The number of halogens is 2. The Morgan fingerprint density at radius 3 is 2.26 bits per heavy atom. The van der Waals surface area contributed by atoms with Crippen LogP contribution < -0.4 is 0 Å². The Morgan fingerprint density at radius 1 is 1.13 bits per heavy atom. The monoisotopic (exact) mass is 357 g/mol. The highest BCUT2D eigenvalue weighted by atomic mass is 35.5. The number of carboxylic acids is 1. The lowest BCUT2D eigenvalue weighted by Gasteiger charge is -2.30. The highest BCUT2D eigenvalue weighted by Gasteiger charge is 2.31. The van der Waals surface area contributed by atoms with E-state index in [9.17, 15) is 9.59 Å². The second-order valence-electron chi connectivity index (χ2n) is 5.99. The molecule has 1 aromatic rings. The van der Waals surface area contributed by atoms with Crippen molar-refractivity contribution in [3.8, 4) is 0 Å². The Labute approximate surface area is 146 Å². The molecule has 0 spiro atoms. The fourth-order valence-corrected chi connectivity index (χ4v) is 3.37. The Morgan fingerprint density at radius 2 is 1.74 bits per heavy atom. The zero-order valence-corrected chi connectivity index (χ0v) is 14.6. The summed E-state index contributed by atoms with van der Waals surface area (Å²) in [5.41, 5.74) is 0.939. The Bertz CT molecular complexity index is 583. The van der Waals surface area contributed by atoms with Crippen molar-refractivity contribution in [3.05, 3.63) is 33.8 Å². The van der Waals surface area contributed by atoms with E-state index in [2.05, 4.69) is 0 Å². The third kappa shape index (κ3) is 4.61. The van der Waals surface area contributed by atoms with Crippen molar-refractivity contribution in [1.82, 2.24) is 4.90 Å². The molecule has 1 aliphatic carbocycles. The van der Waals surface area contributed by atoms with Crippen LogP contribution in [0.2, 0.25) is 10.0 Å². The van der Waals surface area contributed by atoms with E-state index in [1.165, 1.54) is 0 Å². The lowest BCUT2D eigenvalue weighted by atomic mass is 9.81. The van der Waals surface area contributed by atoms with E-state index >= 15 is 0 Å². The first kappa shape index (κ1) is 18.1. The van der Waals surface area contributed by atoms with Gasteiger partial charge in [0.25, 0.3) is 0 Å². The molecule has 1 fully saturated rings. The molecule has 1 aromatic carbocycles. The summed E-state index contributed by atoms with van der Waals surface area (Å²) in [6, 6.07) is 5.38. The third-order valence-corrected chi connectivity index (χ3v) is 5.22. The second-order valence-corrected chi connectivity index (χ2v) is 6.80. The van der Waals surface area contributed by atoms with Gasteiger partial charge >= 0.3 is 5.97 Å². The summed E-state index contributed by atoms with van der Waals surface area (Å²) in [7, 11) is 0. The smallest absolute Gasteiger partial charge is 0.306 e. The molecule has 23 heavy (non-hydrogen) atoms. The molecular formula is C17H21Cl2NO3. The summed E-state index contributed by atoms with van der Waals surface area (Å²) in [6.45, 7) is 3.04. The average molecular weight is 358 g/mol. The second kappa shape index (κ2) is 8.02. The highest BCUT2D eigenvalue weighted by molar-refractivity contribution is 6.42. The van der Waals surface area contributed by atoms with Gasteiger partial charge in [-0.25, -0.2) is 0 Å². The molecule has 0 radical (unpaired) electrons. The summed E-state index contributed by atoms with van der Waals surface area (Å²) in [5.74, 6) is -1.03. The normalized spacial score (nSPS) is 21.0. The minimum absolute atomic E-state index is 0.0756.